The highest BCUT2D eigenvalue weighted by Gasteiger charge is 2.04. The van der Waals surface area contributed by atoms with Crippen molar-refractivity contribution in [3.8, 4) is 0 Å². The Morgan fingerprint density at radius 1 is 0.824 bits per heavy atom. The first-order valence-corrected chi connectivity index (χ1v) is 6.55. The van der Waals surface area contributed by atoms with Crippen molar-refractivity contribution in [3.63, 3.8) is 0 Å². The molecule has 0 saturated heterocycles. The summed E-state index contributed by atoms with van der Waals surface area (Å²) in [5.74, 6) is 0. The van der Waals surface area contributed by atoms with Gasteiger partial charge in [-0.15, -0.1) is 35.3 Å². The highest BCUT2D eigenvalue weighted by molar-refractivity contribution is 14.0. The van der Waals surface area contributed by atoms with E-state index in [2.05, 4.69) is 49.4 Å². The third-order valence-corrected chi connectivity index (χ3v) is 3.92. The average Bonchev–Trinajstić information content (AvgIpc) is 2.72. The van der Waals surface area contributed by atoms with Crippen LogP contribution in [-0.4, -0.2) is 0 Å². The maximum atomic E-state index is 2.21. The lowest BCUT2D eigenvalue weighted by atomic mass is 10.1. The van der Waals surface area contributed by atoms with Crippen LogP contribution in [0.5, 0.6) is 0 Å². The summed E-state index contributed by atoms with van der Waals surface area (Å²) in [6, 6.07) is 15.1. The zero-order chi connectivity index (χ0) is 11.5. The topological polar surface area (TPSA) is 0 Å². The summed E-state index contributed by atoms with van der Waals surface area (Å²) >= 11 is 1.89. The second-order valence-electron chi connectivity index (χ2n) is 3.55. The van der Waals surface area contributed by atoms with Crippen LogP contribution < -0.4 is 0 Å². The fourth-order valence-corrected chi connectivity index (χ4v) is 3.06. The van der Waals surface area contributed by atoms with Crippen molar-refractivity contribution < 1.29 is 0 Å². The summed E-state index contributed by atoms with van der Waals surface area (Å²) in [4.78, 5) is 0. The molecule has 1 aromatic heterocycles. The van der Waals surface area contributed by atoms with Crippen LogP contribution in [-0.2, 0) is 0 Å². The van der Waals surface area contributed by atoms with Crippen LogP contribution in [0.1, 0.15) is 19.4 Å². The number of hydrogen-bond acceptors (Lipinski definition) is 1. The van der Waals surface area contributed by atoms with Gasteiger partial charge in [0.1, 0.15) is 0 Å². The van der Waals surface area contributed by atoms with Gasteiger partial charge >= 0.3 is 0 Å². The lowest BCUT2D eigenvalue weighted by Gasteiger charge is -1.93. The van der Waals surface area contributed by atoms with Crippen molar-refractivity contribution in [2.45, 2.75) is 20.8 Å². The van der Waals surface area contributed by atoms with Crippen LogP contribution in [0.25, 0.3) is 20.2 Å². The fourth-order valence-electron chi connectivity index (χ4n) is 1.89. The van der Waals surface area contributed by atoms with Crippen LogP contribution in [0.2, 0.25) is 0 Å². The zero-order valence-corrected chi connectivity index (χ0v) is 13.5. The van der Waals surface area contributed by atoms with Crippen molar-refractivity contribution in [3.05, 3.63) is 48.0 Å². The van der Waals surface area contributed by atoms with Crippen LogP contribution in [0, 0.1) is 6.92 Å². The normalized spacial score (nSPS) is 9.59. The van der Waals surface area contributed by atoms with Gasteiger partial charge in [-0.2, -0.15) is 0 Å². The molecule has 2 heteroatoms. The Balaban J connectivity index is 0.000000459. The van der Waals surface area contributed by atoms with E-state index in [-0.39, 0.29) is 24.0 Å². The van der Waals surface area contributed by atoms with Gasteiger partial charge in [0, 0.05) is 20.2 Å². The Morgan fingerprint density at radius 2 is 1.47 bits per heavy atom. The maximum Gasteiger partial charge on any atom is 0.0384 e. The van der Waals surface area contributed by atoms with Gasteiger partial charge < -0.3 is 0 Å². The van der Waals surface area contributed by atoms with Gasteiger partial charge in [0.15, 0.2) is 0 Å². The van der Waals surface area contributed by atoms with E-state index in [4.69, 9.17) is 0 Å². The van der Waals surface area contributed by atoms with Crippen molar-refractivity contribution in [1.29, 1.82) is 0 Å². The number of halogens is 1. The van der Waals surface area contributed by atoms with Crippen molar-refractivity contribution in [1.82, 2.24) is 0 Å². The minimum atomic E-state index is 0. The number of aryl methyl sites for hydroxylation is 1. The summed E-state index contributed by atoms with van der Waals surface area (Å²) in [5.41, 5.74) is 1.38. The first-order chi connectivity index (χ1) is 7.86. The molecule has 0 aliphatic rings. The molecule has 0 radical (unpaired) electrons. The Bertz CT molecular complexity index is 610. The Labute approximate surface area is 124 Å². The molecule has 0 fully saturated rings. The number of fused-ring (bicyclic) bond motifs is 3. The van der Waals surface area contributed by atoms with Crippen molar-refractivity contribution in [2.24, 2.45) is 0 Å². The monoisotopic (exact) mass is 356 g/mol. The molecule has 0 atom stereocenters. The number of benzene rings is 2. The van der Waals surface area contributed by atoms with E-state index in [0.717, 1.165) is 0 Å². The van der Waals surface area contributed by atoms with E-state index in [9.17, 15) is 0 Å². The van der Waals surface area contributed by atoms with Gasteiger partial charge in [0.05, 0.1) is 0 Å². The molecule has 0 saturated carbocycles. The lowest BCUT2D eigenvalue weighted by molar-refractivity contribution is 1.50. The number of hydrogen-bond donors (Lipinski definition) is 0. The van der Waals surface area contributed by atoms with Crippen LogP contribution in [0.15, 0.2) is 42.5 Å². The SMILES string of the molecule is CC.Cc1cccc2c1sc1ccccc12.I. The van der Waals surface area contributed by atoms with E-state index >= 15 is 0 Å². The van der Waals surface area contributed by atoms with Gasteiger partial charge in [0.25, 0.3) is 0 Å². The molecule has 0 nitrogen and oxygen atoms in total. The predicted molar refractivity (Wildman–Crippen MR) is 90.8 cm³/mol. The summed E-state index contributed by atoms with van der Waals surface area (Å²) in [5, 5.41) is 2.78. The molecular formula is C15H17IS. The highest BCUT2D eigenvalue weighted by Crippen LogP contribution is 2.35. The van der Waals surface area contributed by atoms with Crippen molar-refractivity contribution in [2.75, 3.05) is 0 Å². The molecular weight excluding hydrogens is 339 g/mol. The molecule has 0 aliphatic heterocycles. The second-order valence-corrected chi connectivity index (χ2v) is 4.60. The zero-order valence-electron chi connectivity index (χ0n) is 10.4. The molecule has 2 aromatic carbocycles. The first-order valence-electron chi connectivity index (χ1n) is 5.73. The van der Waals surface area contributed by atoms with Gasteiger partial charge in [-0.3, -0.25) is 0 Å². The molecule has 3 rings (SSSR count). The van der Waals surface area contributed by atoms with Crippen LogP contribution >= 0.6 is 35.3 Å². The molecule has 3 aromatic rings. The second kappa shape index (κ2) is 6.36. The summed E-state index contributed by atoms with van der Waals surface area (Å²) in [6.07, 6.45) is 0. The van der Waals surface area contributed by atoms with Crippen molar-refractivity contribution >= 4 is 55.5 Å². The molecule has 90 valence electrons. The Hall–Kier alpha value is -0.610. The highest BCUT2D eigenvalue weighted by atomic mass is 127. The van der Waals surface area contributed by atoms with Crippen LogP contribution in [0.3, 0.4) is 0 Å². The largest absolute Gasteiger partial charge is 0.135 e. The van der Waals surface area contributed by atoms with E-state index in [0.29, 0.717) is 0 Å². The standard InChI is InChI=1S/C13H10S.C2H6.HI/c1-9-5-4-7-11-10-6-2-3-8-12(10)14-13(9)11;1-2;/h2-8H,1H3;1-2H3;1H. The Kier molecular flexibility index (Phi) is 5.40. The third-order valence-electron chi connectivity index (χ3n) is 2.60. The molecule has 1 heterocycles. The molecule has 0 N–H and O–H groups in total. The van der Waals surface area contributed by atoms with Gasteiger partial charge in [-0.05, 0) is 18.6 Å². The average molecular weight is 356 g/mol. The smallest absolute Gasteiger partial charge is 0.0384 e. The molecule has 0 spiro atoms. The van der Waals surface area contributed by atoms with E-state index < -0.39 is 0 Å². The molecule has 0 aliphatic carbocycles. The predicted octanol–water partition coefficient (Wildman–Crippen LogP) is 6.01. The number of thiophene rings is 1. The molecule has 0 unspecified atom stereocenters. The van der Waals surface area contributed by atoms with Gasteiger partial charge in [-0.1, -0.05) is 50.2 Å². The summed E-state index contributed by atoms with van der Waals surface area (Å²) in [7, 11) is 0. The van der Waals surface area contributed by atoms with E-state index in [1.165, 1.54) is 25.7 Å². The lowest BCUT2D eigenvalue weighted by Crippen LogP contribution is -1.69. The summed E-state index contributed by atoms with van der Waals surface area (Å²) in [6.45, 7) is 6.18. The Morgan fingerprint density at radius 3 is 2.24 bits per heavy atom. The molecule has 0 bridgehead atoms. The quantitative estimate of drug-likeness (QED) is 0.433. The third kappa shape index (κ3) is 2.63. The molecule has 17 heavy (non-hydrogen) atoms. The summed E-state index contributed by atoms with van der Waals surface area (Å²) < 4.78 is 2.81. The first kappa shape index (κ1) is 14.5. The van der Waals surface area contributed by atoms with E-state index in [1.807, 2.05) is 25.2 Å². The minimum absolute atomic E-state index is 0. The van der Waals surface area contributed by atoms with Gasteiger partial charge in [0.2, 0.25) is 0 Å². The maximum absolute atomic E-state index is 2.21. The fraction of sp³-hybridized carbons (Fsp3) is 0.200. The van der Waals surface area contributed by atoms with Crippen LogP contribution in [0.4, 0.5) is 0 Å². The van der Waals surface area contributed by atoms with Gasteiger partial charge in [-0.25, -0.2) is 0 Å². The minimum Gasteiger partial charge on any atom is -0.135 e. The molecule has 0 amide bonds. The van der Waals surface area contributed by atoms with E-state index in [1.54, 1.807) is 0 Å². The number of rotatable bonds is 0.